The van der Waals surface area contributed by atoms with Crippen LogP contribution in [0.3, 0.4) is 0 Å². The molecule has 0 aliphatic carbocycles. The lowest BCUT2D eigenvalue weighted by Gasteiger charge is -2.21. The van der Waals surface area contributed by atoms with Crippen LogP contribution in [0.25, 0.3) is 0 Å². The van der Waals surface area contributed by atoms with Gasteiger partial charge in [0.15, 0.2) is 0 Å². The molecular weight excluding hydrogens is 354 g/mol. The van der Waals surface area contributed by atoms with Crippen molar-refractivity contribution in [3.63, 3.8) is 0 Å². The fourth-order valence-electron chi connectivity index (χ4n) is 3.70. The van der Waals surface area contributed by atoms with E-state index >= 15 is 0 Å². The number of nitrogens with two attached hydrogens (primary N) is 1. The van der Waals surface area contributed by atoms with Gasteiger partial charge in [-0.25, -0.2) is 4.98 Å². The molecule has 1 aliphatic heterocycles. The van der Waals surface area contributed by atoms with Crippen molar-refractivity contribution in [1.29, 1.82) is 0 Å². The molecule has 7 nitrogen and oxygen atoms in total. The lowest BCUT2D eigenvalue weighted by molar-refractivity contribution is -0.137. The van der Waals surface area contributed by atoms with Gasteiger partial charge in [0.25, 0.3) is 0 Å². The summed E-state index contributed by atoms with van der Waals surface area (Å²) in [6, 6.07) is 0. The predicted molar refractivity (Wildman–Crippen MR) is 101 cm³/mol. The van der Waals surface area contributed by atoms with Gasteiger partial charge >= 0.3 is 5.97 Å². The number of hydrogen-bond acceptors (Lipinski definition) is 6. The summed E-state index contributed by atoms with van der Waals surface area (Å²) in [7, 11) is 0. The Balaban J connectivity index is 1.99. The van der Waals surface area contributed by atoms with Crippen molar-refractivity contribution in [2.75, 3.05) is 17.2 Å². The van der Waals surface area contributed by atoms with Crippen molar-refractivity contribution >= 4 is 29.3 Å². The van der Waals surface area contributed by atoms with E-state index < -0.39 is 5.97 Å². The number of aliphatic carboxylic acids is 1. The number of nitrogens with zero attached hydrogens (tertiary/aromatic N) is 4. The van der Waals surface area contributed by atoms with E-state index in [9.17, 15) is 9.90 Å². The number of fused-ring (bicyclic) bond motifs is 1. The molecule has 2 aromatic rings. The molecule has 8 heteroatoms. The first kappa shape index (κ1) is 18.4. The number of carboxylic acid groups (broad SMARTS) is 1. The van der Waals surface area contributed by atoms with E-state index in [2.05, 4.69) is 28.8 Å². The second-order valence-corrected chi connectivity index (χ2v) is 6.97. The highest BCUT2D eigenvalue weighted by atomic mass is 35.5. The number of aryl methyl sites for hydroxylation is 1. The van der Waals surface area contributed by atoms with Crippen LogP contribution >= 0.6 is 11.6 Å². The van der Waals surface area contributed by atoms with Crippen LogP contribution in [0, 0.1) is 13.8 Å². The van der Waals surface area contributed by atoms with Gasteiger partial charge in [-0.3, -0.25) is 9.78 Å². The highest BCUT2D eigenvalue weighted by Gasteiger charge is 2.35. The number of carbonyl (C=O) groups is 1. The second kappa shape index (κ2) is 7.07. The minimum Gasteiger partial charge on any atom is -0.481 e. The Labute approximate surface area is 157 Å². The van der Waals surface area contributed by atoms with Crippen molar-refractivity contribution in [2.45, 2.75) is 46.1 Å². The maximum atomic E-state index is 11.2. The van der Waals surface area contributed by atoms with Gasteiger partial charge in [-0.1, -0.05) is 18.5 Å². The van der Waals surface area contributed by atoms with Crippen molar-refractivity contribution in [3.8, 4) is 0 Å². The van der Waals surface area contributed by atoms with E-state index in [0.717, 1.165) is 17.7 Å². The molecule has 0 aromatic carbocycles. The molecule has 3 rings (SSSR count). The van der Waals surface area contributed by atoms with Crippen molar-refractivity contribution < 1.29 is 9.90 Å². The number of nitrogen functional groups attached to an aromatic ring is 1. The van der Waals surface area contributed by atoms with Gasteiger partial charge < -0.3 is 15.7 Å². The van der Waals surface area contributed by atoms with Crippen LogP contribution in [-0.4, -0.2) is 32.6 Å². The molecule has 1 aliphatic rings. The van der Waals surface area contributed by atoms with Crippen molar-refractivity contribution in [3.05, 3.63) is 39.3 Å². The van der Waals surface area contributed by atoms with E-state index in [1.165, 1.54) is 11.1 Å². The highest BCUT2D eigenvalue weighted by Crippen LogP contribution is 2.41. The Bertz CT molecular complexity index is 871. The molecule has 0 spiro atoms. The fraction of sp³-hybridized carbons (Fsp3) is 0.444. The zero-order valence-electron chi connectivity index (χ0n) is 15.1. The molecule has 0 saturated heterocycles. The monoisotopic (exact) mass is 375 g/mol. The zero-order valence-corrected chi connectivity index (χ0v) is 15.8. The number of aromatic nitrogens is 3. The van der Waals surface area contributed by atoms with Crippen LogP contribution in [0.2, 0.25) is 5.15 Å². The first-order valence-corrected chi connectivity index (χ1v) is 8.93. The van der Waals surface area contributed by atoms with Gasteiger partial charge in [0, 0.05) is 36.5 Å². The maximum Gasteiger partial charge on any atom is 0.304 e. The van der Waals surface area contributed by atoms with E-state index in [1.807, 2.05) is 18.0 Å². The Kier molecular flexibility index (Phi) is 5.00. The number of rotatable bonds is 5. The smallest absolute Gasteiger partial charge is 0.304 e. The van der Waals surface area contributed by atoms with Crippen LogP contribution in [0.4, 0.5) is 11.8 Å². The number of hydrogen-bond donors (Lipinski definition) is 2. The van der Waals surface area contributed by atoms with Gasteiger partial charge in [0.1, 0.15) is 11.0 Å². The van der Waals surface area contributed by atoms with Crippen LogP contribution in [0.5, 0.6) is 0 Å². The zero-order chi connectivity index (χ0) is 19.0. The van der Waals surface area contributed by atoms with E-state index in [0.29, 0.717) is 24.5 Å². The predicted octanol–water partition coefficient (Wildman–Crippen LogP) is 2.86. The topological polar surface area (TPSA) is 105 Å². The second-order valence-electron chi connectivity index (χ2n) is 6.61. The summed E-state index contributed by atoms with van der Waals surface area (Å²) in [4.78, 5) is 26.1. The molecule has 0 radical (unpaired) electrons. The molecule has 1 atom stereocenters. The van der Waals surface area contributed by atoms with Crippen molar-refractivity contribution in [1.82, 2.24) is 15.0 Å². The molecule has 138 valence electrons. The Hall–Kier alpha value is -2.41. The first-order valence-electron chi connectivity index (χ1n) is 8.55. The average Bonchev–Trinajstić information content (AvgIpc) is 2.87. The largest absolute Gasteiger partial charge is 0.481 e. The van der Waals surface area contributed by atoms with Gasteiger partial charge in [0.2, 0.25) is 5.95 Å². The standard InChI is InChI=1S/C18H22ClN5O2/c1-4-13-9(2)12(6-21-10(13)3)8-24-7-11(5-14(25)26)15-16(19)22-18(20)23-17(15)24/h6,11H,4-5,7-8H2,1-3H3,(H,25,26)(H2,20,22,23)/t11-/m0/s1. The molecule has 26 heavy (non-hydrogen) atoms. The number of carboxylic acids is 1. The maximum absolute atomic E-state index is 11.2. The van der Waals surface area contributed by atoms with Crippen LogP contribution in [-0.2, 0) is 17.8 Å². The summed E-state index contributed by atoms with van der Waals surface area (Å²) in [5, 5.41) is 9.46. The fourth-order valence-corrected chi connectivity index (χ4v) is 4.03. The molecule has 0 unspecified atom stereocenters. The third-order valence-corrected chi connectivity index (χ3v) is 5.25. The van der Waals surface area contributed by atoms with Crippen LogP contribution < -0.4 is 10.6 Å². The summed E-state index contributed by atoms with van der Waals surface area (Å²) in [5.41, 5.74) is 11.0. The van der Waals surface area contributed by atoms with Gasteiger partial charge in [-0.2, -0.15) is 4.98 Å². The SMILES string of the molecule is CCc1c(C)ncc(CN2C[C@H](CC(=O)O)c3c(Cl)nc(N)nc32)c1C. The minimum atomic E-state index is -0.878. The molecular formula is C18H22ClN5O2. The van der Waals surface area contributed by atoms with E-state index in [-0.39, 0.29) is 23.4 Å². The number of halogens is 1. The molecule has 0 bridgehead atoms. The normalized spacial score (nSPS) is 16.0. The molecule has 3 N–H and O–H groups in total. The quantitative estimate of drug-likeness (QED) is 0.774. The molecule has 0 amide bonds. The molecule has 2 aromatic heterocycles. The Morgan fingerprint density at radius 2 is 2.15 bits per heavy atom. The lowest BCUT2D eigenvalue weighted by Crippen LogP contribution is -2.24. The molecule has 0 saturated carbocycles. The van der Waals surface area contributed by atoms with Gasteiger partial charge in [-0.15, -0.1) is 0 Å². The highest BCUT2D eigenvalue weighted by molar-refractivity contribution is 6.30. The third-order valence-electron chi connectivity index (χ3n) is 4.97. The minimum absolute atomic E-state index is 0.0260. The summed E-state index contributed by atoms with van der Waals surface area (Å²) in [6.07, 6.45) is 2.76. The van der Waals surface area contributed by atoms with Gasteiger partial charge in [-0.05, 0) is 37.0 Å². The summed E-state index contributed by atoms with van der Waals surface area (Å²) in [5.74, 6) is -0.438. The Morgan fingerprint density at radius 3 is 2.81 bits per heavy atom. The molecule has 3 heterocycles. The lowest BCUT2D eigenvalue weighted by atomic mass is 10.00. The number of anilines is 2. The van der Waals surface area contributed by atoms with Crippen molar-refractivity contribution in [2.24, 2.45) is 0 Å². The van der Waals surface area contributed by atoms with E-state index in [4.69, 9.17) is 17.3 Å². The molecule has 0 fully saturated rings. The summed E-state index contributed by atoms with van der Waals surface area (Å²) < 4.78 is 0. The summed E-state index contributed by atoms with van der Waals surface area (Å²) in [6.45, 7) is 7.30. The number of pyridine rings is 1. The van der Waals surface area contributed by atoms with Crippen LogP contribution in [0.1, 0.15) is 47.2 Å². The van der Waals surface area contributed by atoms with Crippen LogP contribution in [0.15, 0.2) is 6.20 Å². The Morgan fingerprint density at radius 1 is 1.42 bits per heavy atom. The third kappa shape index (κ3) is 3.31. The summed E-state index contributed by atoms with van der Waals surface area (Å²) >= 11 is 6.26. The van der Waals surface area contributed by atoms with E-state index in [1.54, 1.807) is 0 Å². The first-order chi connectivity index (χ1) is 12.3. The average molecular weight is 376 g/mol. The van der Waals surface area contributed by atoms with Gasteiger partial charge in [0.05, 0.1) is 6.42 Å².